The second kappa shape index (κ2) is 6.17. The van der Waals surface area contributed by atoms with E-state index in [2.05, 4.69) is 9.47 Å². The Balaban J connectivity index is 3.25. The quantitative estimate of drug-likeness (QED) is 0.525. The molecule has 13 heavy (non-hydrogen) atoms. The molecule has 3 nitrogen and oxygen atoms in total. The maximum atomic E-state index is 11.6. The molecule has 0 aromatic carbocycles. The standard InChI is InChI=1S/C7H13F3O3/c1-2-12-6(11)13-5-3-4-7(8,9)10/h6,11H,2-5H2,1H3. The predicted molar refractivity (Wildman–Crippen MR) is 38.9 cm³/mol. The highest BCUT2D eigenvalue weighted by atomic mass is 19.4. The Kier molecular flexibility index (Phi) is 6.02. The maximum Gasteiger partial charge on any atom is 0.389 e. The molecular weight excluding hydrogens is 189 g/mol. The molecule has 1 unspecified atom stereocenters. The molecule has 0 aliphatic heterocycles. The average molecular weight is 202 g/mol. The van der Waals surface area contributed by atoms with Crippen LogP contribution in [0.1, 0.15) is 19.8 Å². The van der Waals surface area contributed by atoms with Gasteiger partial charge in [0.05, 0.1) is 6.61 Å². The molecule has 0 amide bonds. The van der Waals surface area contributed by atoms with E-state index in [1.165, 1.54) is 0 Å². The van der Waals surface area contributed by atoms with Crippen LogP contribution in [0.25, 0.3) is 0 Å². The summed E-state index contributed by atoms with van der Waals surface area (Å²) in [5, 5.41) is 8.75. The van der Waals surface area contributed by atoms with Gasteiger partial charge < -0.3 is 14.6 Å². The fourth-order valence-corrected chi connectivity index (χ4v) is 0.647. The number of ether oxygens (including phenoxy) is 2. The molecular formula is C7H13F3O3. The molecule has 0 fully saturated rings. The van der Waals surface area contributed by atoms with E-state index < -0.39 is 19.1 Å². The van der Waals surface area contributed by atoms with Crippen molar-refractivity contribution in [2.45, 2.75) is 32.4 Å². The third-order valence-corrected chi connectivity index (χ3v) is 1.17. The third kappa shape index (κ3) is 9.59. The number of aliphatic hydroxyl groups is 1. The smallest absolute Gasteiger partial charge is 0.346 e. The van der Waals surface area contributed by atoms with Crippen LogP contribution in [0.3, 0.4) is 0 Å². The summed E-state index contributed by atoms with van der Waals surface area (Å²) >= 11 is 0. The third-order valence-electron chi connectivity index (χ3n) is 1.17. The fraction of sp³-hybridized carbons (Fsp3) is 1.00. The minimum atomic E-state index is -4.17. The normalized spacial score (nSPS) is 14.5. The van der Waals surface area contributed by atoms with E-state index in [9.17, 15) is 13.2 Å². The molecule has 0 rings (SSSR count). The molecule has 0 spiro atoms. The monoisotopic (exact) mass is 202 g/mol. The lowest BCUT2D eigenvalue weighted by Gasteiger charge is -2.11. The molecule has 1 N–H and O–H groups in total. The van der Waals surface area contributed by atoms with Gasteiger partial charge in [-0.2, -0.15) is 13.2 Å². The van der Waals surface area contributed by atoms with Gasteiger partial charge in [0.15, 0.2) is 0 Å². The van der Waals surface area contributed by atoms with Gasteiger partial charge in [0.25, 0.3) is 6.48 Å². The Hall–Kier alpha value is -0.330. The topological polar surface area (TPSA) is 38.7 Å². The Labute approximate surface area is 74.4 Å². The van der Waals surface area contributed by atoms with Crippen molar-refractivity contribution in [3.8, 4) is 0 Å². The molecule has 0 bridgehead atoms. The number of hydrogen-bond acceptors (Lipinski definition) is 3. The van der Waals surface area contributed by atoms with E-state index in [-0.39, 0.29) is 19.6 Å². The zero-order valence-corrected chi connectivity index (χ0v) is 7.30. The van der Waals surface area contributed by atoms with E-state index in [1.807, 2.05) is 0 Å². The van der Waals surface area contributed by atoms with Crippen LogP contribution in [0.5, 0.6) is 0 Å². The van der Waals surface area contributed by atoms with Crippen molar-refractivity contribution in [3.05, 3.63) is 0 Å². The molecule has 0 saturated heterocycles. The molecule has 0 aromatic heterocycles. The highest BCUT2D eigenvalue weighted by molar-refractivity contribution is 4.49. The van der Waals surface area contributed by atoms with Crippen LogP contribution in [-0.4, -0.2) is 31.0 Å². The van der Waals surface area contributed by atoms with Gasteiger partial charge in [-0.05, 0) is 13.3 Å². The average Bonchev–Trinajstić information content (AvgIpc) is 1.97. The van der Waals surface area contributed by atoms with E-state index in [0.29, 0.717) is 0 Å². The van der Waals surface area contributed by atoms with Crippen molar-refractivity contribution >= 4 is 0 Å². The van der Waals surface area contributed by atoms with Crippen molar-refractivity contribution in [2.24, 2.45) is 0 Å². The van der Waals surface area contributed by atoms with Crippen LogP contribution in [0.4, 0.5) is 13.2 Å². The molecule has 0 aliphatic rings. The molecule has 6 heteroatoms. The van der Waals surface area contributed by atoms with Crippen molar-refractivity contribution in [1.29, 1.82) is 0 Å². The van der Waals surface area contributed by atoms with E-state index in [0.717, 1.165) is 0 Å². The minimum Gasteiger partial charge on any atom is -0.346 e. The lowest BCUT2D eigenvalue weighted by atomic mass is 10.3. The minimum absolute atomic E-state index is 0.166. The first kappa shape index (κ1) is 12.7. The predicted octanol–water partition coefficient (Wildman–Crippen LogP) is 1.66. The first-order chi connectivity index (χ1) is 5.95. The molecule has 0 radical (unpaired) electrons. The van der Waals surface area contributed by atoms with Gasteiger partial charge in [0.2, 0.25) is 0 Å². The van der Waals surface area contributed by atoms with Gasteiger partial charge in [-0.3, -0.25) is 0 Å². The maximum absolute atomic E-state index is 11.6. The summed E-state index contributed by atoms with van der Waals surface area (Å²) in [4.78, 5) is 0. The lowest BCUT2D eigenvalue weighted by Crippen LogP contribution is -2.18. The SMILES string of the molecule is CCOC(O)OCCCC(F)(F)F. The van der Waals surface area contributed by atoms with Crippen molar-refractivity contribution in [3.63, 3.8) is 0 Å². The number of alkyl halides is 3. The highest BCUT2D eigenvalue weighted by Gasteiger charge is 2.26. The van der Waals surface area contributed by atoms with Gasteiger partial charge >= 0.3 is 6.18 Å². The Morgan fingerprint density at radius 2 is 1.92 bits per heavy atom. The second-order valence-corrected chi connectivity index (χ2v) is 2.35. The van der Waals surface area contributed by atoms with Crippen LogP contribution >= 0.6 is 0 Å². The van der Waals surface area contributed by atoms with Crippen LogP contribution < -0.4 is 0 Å². The summed E-state index contributed by atoms with van der Waals surface area (Å²) in [7, 11) is 0. The van der Waals surface area contributed by atoms with Crippen molar-refractivity contribution in [2.75, 3.05) is 13.2 Å². The first-order valence-corrected chi connectivity index (χ1v) is 3.93. The summed E-state index contributed by atoms with van der Waals surface area (Å²) < 4.78 is 43.8. The largest absolute Gasteiger partial charge is 0.389 e. The van der Waals surface area contributed by atoms with E-state index in [1.54, 1.807) is 6.92 Å². The van der Waals surface area contributed by atoms with Crippen molar-refractivity contribution in [1.82, 2.24) is 0 Å². The van der Waals surface area contributed by atoms with E-state index >= 15 is 0 Å². The van der Waals surface area contributed by atoms with E-state index in [4.69, 9.17) is 5.11 Å². The fourth-order valence-electron chi connectivity index (χ4n) is 0.647. The molecule has 0 aliphatic carbocycles. The van der Waals surface area contributed by atoms with Gasteiger partial charge in [0, 0.05) is 13.0 Å². The zero-order valence-electron chi connectivity index (χ0n) is 7.30. The molecule has 80 valence electrons. The second-order valence-electron chi connectivity index (χ2n) is 2.35. The summed E-state index contributed by atoms with van der Waals surface area (Å²) in [5.74, 6) is 0. The van der Waals surface area contributed by atoms with Crippen LogP contribution in [-0.2, 0) is 9.47 Å². The summed E-state index contributed by atoms with van der Waals surface area (Å²) in [5.41, 5.74) is 0. The zero-order chi connectivity index (χ0) is 10.3. The Morgan fingerprint density at radius 3 is 2.38 bits per heavy atom. The van der Waals surface area contributed by atoms with Gasteiger partial charge in [-0.1, -0.05) is 0 Å². The van der Waals surface area contributed by atoms with Crippen LogP contribution in [0.2, 0.25) is 0 Å². The summed E-state index contributed by atoms with van der Waals surface area (Å²) in [6.45, 7) is 0.307. The summed E-state index contributed by atoms with van der Waals surface area (Å²) in [6.07, 6.45) is -5.25. The number of aliphatic hydroxyl groups excluding tert-OH is 1. The summed E-state index contributed by atoms with van der Waals surface area (Å²) in [6, 6.07) is 0. The molecule has 1 atom stereocenters. The number of hydrogen-bond donors (Lipinski definition) is 1. The Bertz CT molecular complexity index is 127. The number of halogens is 3. The van der Waals surface area contributed by atoms with Gasteiger partial charge in [-0.25, -0.2) is 0 Å². The van der Waals surface area contributed by atoms with Crippen LogP contribution in [0, 0.1) is 0 Å². The lowest BCUT2D eigenvalue weighted by molar-refractivity contribution is -0.263. The van der Waals surface area contributed by atoms with Crippen LogP contribution in [0.15, 0.2) is 0 Å². The molecule has 0 saturated carbocycles. The van der Waals surface area contributed by atoms with Crippen molar-refractivity contribution < 1.29 is 27.8 Å². The highest BCUT2D eigenvalue weighted by Crippen LogP contribution is 2.21. The van der Waals surface area contributed by atoms with Gasteiger partial charge in [0.1, 0.15) is 0 Å². The Morgan fingerprint density at radius 1 is 1.31 bits per heavy atom. The first-order valence-electron chi connectivity index (χ1n) is 3.93. The number of rotatable bonds is 6. The molecule has 0 heterocycles. The van der Waals surface area contributed by atoms with Gasteiger partial charge in [-0.15, -0.1) is 0 Å². The molecule has 0 aromatic rings.